The molecule has 1 atom stereocenters. The van der Waals surface area contributed by atoms with Gasteiger partial charge in [0.15, 0.2) is 0 Å². The molecule has 26 heavy (non-hydrogen) atoms. The normalized spacial score (nSPS) is 12.4. The van der Waals surface area contributed by atoms with Gasteiger partial charge >= 0.3 is 0 Å². The third-order valence-electron chi connectivity index (χ3n) is 3.60. The number of aliphatic hydroxyl groups is 1. The van der Waals surface area contributed by atoms with E-state index in [9.17, 15) is 13.9 Å². The van der Waals surface area contributed by atoms with Crippen LogP contribution in [0.4, 0.5) is 8.78 Å². The molecule has 0 fully saturated rings. The van der Waals surface area contributed by atoms with Crippen LogP contribution in [0.3, 0.4) is 0 Å². The van der Waals surface area contributed by atoms with Crippen molar-refractivity contribution in [3.05, 3.63) is 83.9 Å². The number of aromatic nitrogens is 3. The van der Waals surface area contributed by atoms with Crippen molar-refractivity contribution >= 4 is 0 Å². The average molecular weight is 356 g/mol. The molecule has 0 saturated heterocycles. The minimum Gasteiger partial charge on any atom is -0.382 e. The number of halogens is 2. The standard InChI is InChI=1S/C11H12F2N4O.C8H6/c12-8-1-2-9(10(13)3-8)11(18,4-14)5-17-7-15-6-16-17;1-2-8-6-4-3-5-7-8/h1-3,6-7,18H,4-5,14H2;1,3-7H. The van der Waals surface area contributed by atoms with Crippen LogP contribution in [0, 0.1) is 24.0 Å². The van der Waals surface area contributed by atoms with E-state index in [0.717, 1.165) is 11.6 Å². The first-order chi connectivity index (χ1) is 12.5. The molecule has 0 aliphatic heterocycles. The second-order valence-corrected chi connectivity index (χ2v) is 5.46. The quantitative estimate of drug-likeness (QED) is 0.702. The second kappa shape index (κ2) is 8.85. The van der Waals surface area contributed by atoms with Crippen LogP contribution in [0.2, 0.25) is 0 Å². The van der Waals surface area contributed by atoms with Crippen LogP contribution >= 0.6 is 0 Å². The van der Waals surface area contributed by atoms with E-state index in [1.807, 2.05) is 30.3 Å². The Morgan fingerprint density at radius 1 is 1.19 bits per heavy atom. The first-order valence-electron chi connectivity index (χ1n) is 7.70. The number of terminal acetylenes is 1. The lowest BCUT2D eigenvalue weighted by atomic mass is 9.93. The van der Waals surface area contributed by atoms with Crippen molar-refractivity contribution in [1.29, 1.82) is 0 Å². The zero-order chi connectivity index (χ0) is 19.0. The summed E-state index contributed by atoms with van der Waals surface area (Å²) in [6.07, 6.45) is 7.77. The smallest absolute Gasteiger partial charge is 0.137 e. The fourth-order valence-corrected chi connectivity index (χ4v) is 2.24. The van der Waals surface area contributed by atoms with Crippen LogP contribution < -0.4 is 5.73 Å². The Labute approximate surface area is 150 Å². The Bertz CT molecular complexity index is 863. The van der Waals surface area contributed by atoms with Crippen LogP contribution in [0.15, 0.2) is 61.2 Å². The van der Waals surface area contributed by atoms with Gasteiger partial charge in [0.05, 0.1) is 6.54 Å². The molecule has 134 valence electrons. The fraction of sp³-hybridized carbons (Fsp3) is 0.158. The number of hydrogen-bond donors (Lipinski definition) is 2. The van der Waals surface area contributed by atoms with Crippen LogP contribution in [0.25, 0.3) is 0 Å². The van der Waals surface area contributed by atoms with Crippen LogP contribution in [0.5, 0.6) is 0 Å². The molecule has 3 N–H and O–H groups in total. The maximum atomic E-state index is 13.7. The molecule has 7 heteroatoms. The van der Waals surface area contributed by atoms with Gasteiger partial charge in [-0.3, -0.25) is 0 Å². The molecule has 1 aromatic heterocycles. The molecule has 0 radical (unpaired) electrons. The highest BCUT2D eigenvalue weighted by Gasteiger charge is 2.31. The average Bonchev–Trinajstić information content (AvgIpc) is 3.15. The topological polar surface area (TPSA) is 77.0 Å². The van der Waals surface area contributed by atoms with Crippen LogP contribution in [-0.4, -0.2) is 26.4 Å². The number of nitrogens with zero attached hydrogens (tertiary/aromatic N) is 3. The highest BCUT2D eigenvalue weighted by Crippen LogP contribution is 2.25. The molecule has 1 heterocycles. The highest BCUT2D eigenvalue weighted by molar-refractivity contribution is 5.30. The lowest BCUT2D eigenvalue weighted by Gasteiger charge is -2.27. The summed E-state index contributed by atoms with van der Waals surface area (Å²) in [6, 6.07) is 12.6. The monoisotopic (exact) mass is 356 g/mol. The number of benzene rings is 2. The van der Waals surface area contributed by atoms with Gasteiger partial charge in [0.1, 0.15) is 29.9 Å². The minimum atomic E-state index is -1.66. The van der Waals surface area contributed by atoms with E-state index < -0.39 is 17.2 Å². The van der Waals surface area contributed by atoms with E-state index in [2.05, 4.69) is 16.0 Å². The van der Waals surface area contributed by atoms with E-state index in [1.54, 1.807) is 0 Å². The first-order valence-corrected chi connectivity index (χ1v) is 7.70. The summed E-state index contributed by atoms with van der Waals surface area (Å²) >= 11 is 0. The summed E-state index contributed by atoms with van der Waals surface area (Å²) in [5, 5.41) is 14.2. The number of hydrogen-bond acceptors (Lipinski definition) is 4. The molecule has 0 bridgehead atoms. The predicted molar refractivity (Wildman–Crippen MR) is 93.7 cm³/mol. The Kier molecular flexibility index (Phi) is 6.55. The van der Waals surface area contributed by atoms with E-state index >= 15 is 0 Å². The first kappa shape index (κ1) is 19.2. The van der Waals surface area contributed by atoms with E-state index in [-0.39, 0.29) is 18.7 Å². The van der Waals surface area contributed by atoms with Gasteiger partial charge in [0, 0.05) is 23.7 Å². The summed E-state index contributed by atoms with van der Waals surface area (Å²) in [6.45, 7) is -0.290. The molecular formula is C19H18F2N4O. The zero-order valence-corrected chi connectivity index (χ0v) is 13.9. The Morgan fingerprint density at radius 3 is 2.42 bits per heavy atom. The molecule has 3 aromatic rings. The Morgan fingerprint density at radius 2 is 1.92 bits per heavy atom. The maximum Gasteiger partial charge on any atom is 0.137 e. The van der Waals surface area contributed by atoms with Gasteiger partial charge < -0.3 is 10.8 Å². The van der Waals surface area contributed by atoms with Gasteiger partial charge in [0.25, 0.3) is 0 Å². The molecule has 2 aromatic carbocycles. The summed E-state index contributed by atoms with van der Waals surface area (Å²) in [7, 11) is 0. The predicted octanol–water partition coefficient (Wildman–Crippen LogP) is 2.07. The molecule has 0 aliphatic carbocycles. The van der Waals surface area contributed by atoms with E-state index in [4.69, 9.17) is 12.2 Å². The summed E-state index contributed by atoms with van der Waals surface area (Å²) < 4.78 is 27.8. The number of rotatable bonds is 4. The van der Waals surface area contributed by atoms with E-state index in [1.165, 1.54) is 23.4 Å². The maximum absolute atomic E-state index is 13.7. The van der Waals surface area contributed by atoms with Crippen molar-refractivity contribution in [2.45, 2.75) is 12.1 Å². The van der Waals surface area contributed by atoms with Gasteiger partial charge in [-0.15, -0.1) is 6.42 Å². The Hall–Kier alpha value is -3.08. The molecule has 0 spiro atoms. The van der Waals surface area contributed by atoms with Gasteiger partial charge in [-0.2, -0.15) is 5.10 Å². The van der Waals surface area contributed by atoms with Gasteiger partial charge in [-0.1, -0.05) is 30.2 Å². The molecule has 3 rings (SSSR count). The van der Waals surface area contributed by atoms with Crippen molar-refractivity contribution in [1.82, 2.24) is 14.8 Å². The highest BCUT2D eigenvalue weighted by atomic mass is 19.1. The van der Waals surface area contributed by atoms with Gasteiger partial charge in [-0.05, 0) is 18.2 Å². The summed E-state index contributed by atoms with van der Waals surface area (Å²) in [5.41, 5.74) is 4.70. The van der Waals surface area contributed by atoms with Crippen molar-refractivity contribution in [3.8, 4) is 12.3 Å². The van der Waals surface area contributed by atoms with Gasteiger partial charge in [-0.25, -0.2) is 18.4 Å². The molecule has 1 unspecified atom stereocenters. The van der Waals surface area contributed by atoms with Crippen LogP contribution in [-0.2, 0) is 12.1 Å². The molecule has 0 aliphatic rings. The summed E-state index contributed by atoms with van der Waals surface area (Å²) in [4.78, 5) is 3.72. The van der Waals surface area contributed by atoms with Crippen molar-refractivity contribution in [2.75, 3.05) is 6.54 Å². The third-order valence-corrected chi connectivity index (χ3v) is 3.60. The van der Waals surface area contributed by atoms with Gasteiger partial charge in [0.2, 0.25) is 0 Å². The fourth-order valence-electron chi connectivity index (χ4n) is 2.24. The van der Waals surface area contributed by atoms with Crippen LogP contribution in [0.1, 0.15) is 11.1 Å². The largest absolute Gasteiger partial charge is 0.382 e. The van der Waals surface area contributed by atoms with E-state index in [0.29, 0.717) is 6.07 Å². The van der Waals surface area contributed by atoms with Crippen molar-refractivity contribution in [3.63, 3.8) is 0 Å². The zero-order valence-electron chi connectivity index (χ0n) is 13.9. The Balaban J connectivity index is 0.000000254. The molecule has 5 nitrogen and oxygen atoms in total. The lowest BCUT2D eigenvalue weighted by molar-refractivity contribution is 0.0205. The molecular weight excluding hydrogens is 338 g/mol. The number of nitrogens with two attached hydrogens (primary N) is 1. The molecule has 0 amide bonds. The van der Waals surface area contributed by atoms with Crippen molar-refractivity contribution in [2.24, 2.45) is 5.73 Å². The molecule has 0 saturated carbocycles. The second-order valence-electron chi connectivity index (χ2n) is 5.46. The van der Waals surface area contributed by atoms with Crippen molar-refractivity contribution < 1.29 is 13.9 Å². The minimum absolute atomic E-state index is 0.0634. The SMILES string of the molecule is C#Cc1ccccc1.NCC(O)(Cn1cncn1)c1ccc(F)cc1F. The third kappa shape index (κ3) is 4.96. The summed E-state index contributed by atoms with van der Waals surface area (Å²) in [5.74, 6) is 0.971. The lowest BCUT2D eigenvalue weighted by Crippen LogP contribution is -2.40.